The third kappa shape index (κ3) is 3.47. The summed E-state index contributed by atoms with van der Waals surface area (Å²) in [5, 5.41) is 4.19. The molecule has 0 unspecified atom stereocenters. The van der Waals surface area contributed by atoms with Gasteiger partial charge in [0, 0.05) is 28.4 Å². The van der Waals surface area contributed by atoms with Gasteiger partial charge in [0.25, 0.3) is 0 Å². The van der Waals surface area contributed by atoms with Crippen molar-refractivity contribution in [2.45, 2.75) is 13.8 Å². The molecule has 21 heavy (non-hydrogen) atoms. The Morgan fingerprint density at radius 1 is 1.10 bits per heavy atom. The van der Waals surface area contributed by atoms with Crippen molar-refractivity contribution in [1.82, 2.24) is 5.06 Å². The molecule has 0 atom stereocenters. The summed E-state index contributed by atoms with van der Waals surface area (Å²) in [6, 6.07) is 8.86. The summed E-state index contributed by atoms with van der Waals surface area (Å²) in [4.78, 5) is 5.75. The largest absolute Gasteiger partial charge is 0.410 e. The quantitative estimate of drug-likeness (QED) is 0.755. The van der Waals surface area contributed by atoms with Gasteiger partial charge < -0.3 is 4.84 Å². The number of allylic oxidation sites excluding steroid dienone is 1. The van der Waals surface area contributed by atoms with Gasteiger partial charge in [0.2, 0.25) is 0 Å². The van der Waals surface area contributed by atoms with Crippen LogP contribution in [0.15, 0.2) is 39.8 Å². The van der Waals surface area contributed by atoms with Crippen molar-refractivity contribution in [3.63, 3.8) is 0 Å². The van der Waals surface area contributed by atoms with Gasteiger partial charge in [-0.3, -0.25) is 0 Å². The molecule has 0 amide bonds. The zero-order chi connectivity index (χ0) is 14.8. The third-order valence-corrected chi connectivity index (χ3v) is 7.41. The van der Waals surface area contributed by atoms with Gasteiger partial charge in [0.15, 0.2) is 0 Å². The van der Waals surface area contributed by atoms with Crippen LogP contribution in [0, 0.1) is 6.92 Å². The highest BCUT2D eigenvalue weighted by Crippen LogP contribution is 2.47. The lowest BCUT2D eigenvalue weighted by atomic mass is 9.98. The Morgan fingerprint density at radius 3 is 2.33 bits per heavy atom. The summed E-state index contributed by atoms with van der Waals surface area (Å²) in [6.07, 6.45) is 0. The van der Waals surface area contributed by atoms with E-state index in [0.717, 1.165) is 22.5 Å². The van der Waals surface area contributed by atoms with Crippen molar-refractivity contribution in [3.05, 3.63) is 51.0 Å². The van der Waals surface area contributed by atoms with Crippen LogP contribution in [0.4, 0.5) is 0 Å². The Balaban J connectivity index is 2.07. The Labute approximate surface area is 139 Å². The molecule has 2 heterocycles. The summed E-state index contributed by atoms with van der Waals surface area (Å²) in [5.74, 6) is 1.03. The minimum Gasteiger partial charge on any atom is -0.410 e. The van der Waals surface area contributed by atoms with E-state index >= 15 is 0 Å². The van der Waals surface area contributed by atoms with Crippen LogP contribution in [0.1, 0.15) is 18.1 Å². The highest BCUT2D eigenvalue weighted by atomic mass is 32.3. The smallest absolute Gasteiger partial charge is 0.126 e. The summed E-state index contributed by atoms with van der Waals surface area (Å²) < 4.78 is 1.44. The number of rotatable bonds is 2. The number of benzene rings is 1. The fourth-order valence-electron chi connectivity index (χ4n) is 2.46. The molecule has 0 N–H and O–H groups in total. The molecule has 0 bridgehead atoms. The number of thioether (sulfide) groups is 3. The Bertz CT molecular complexity index is 584. The Morgan fingerprint density at radius 2 is 1.76 bits per heavy atom. The van der Waals surface area contributed by atoms with Crippen LogP contribution in [-0.2, 0) is 4.84 Å². The van der Waals surface area contributed by atoms with E-state index in [0.29, 0.717) is 0 Å². The number of hydrogen-bond donors (Lipinski definition) is 0. The second-order valence-corrected chi connectivity index (χ2v) is 9.12. The van der Waals surface area contributed by atoms with Crippen molar-refractivity contribution in [2.75, 3.05) is 23.8 Å². The van der Waals surface area contributed by atoms with E-state index < -0.39 is 0 Å². The predicted molar refractivity (Wildman–Crippen MR) is 97.0 cm³/mol. The molecule has 1 aromatic carbocycles. The second kappa shape index (κ2) is 6.73. The highest BCUT2D eigenvalue weighted by molar-refractivity contribution is 8.36. The minimum atomic E-state index is 0.854. The minimum absolute atomic E-state index is 0.854. The van der Waals surface area contributed by atoms with Crippen LogP contribution in [0.3, 0.4) is 0 Å². The van der Waals surface area contributed by atoms with E-state index in [2.05, 4.69) is 38.1 Å². The van der Waals surface area contributed by atoms with Gasteiger partial charge in [-0.25, -0.2) is 0 Å². The number of nitrogens with zero attached hydrogens (tertiary/aromatic N) is 1. The lowest BCUT2D eigenvalue weighted by Gasteiger charge is -2.19. The number of hydroxylamine groups is 2. The molecule has 0 saturated carbocycles. The van der Waals surface area contributed by atoms with Crippen molar-refractivity contribution >= 4 is 40.9 Å². The van der Waals surface area contributed by atoms with Gasteiger partial charge in [-0.2, -0.15) is 0 Å². The molecule has 0 aromatic heterocycles. The molecule has 1 fully saturated rings. The van der Waals surface area contributed by atoms with Crippen LogP contribution < -0.4 is 0 Å². The highest BCUT2D eigenvalue weighted by Gasteiger charge is 2.26. The second-order valence-electron chi connectivity index (χ2n) is 5.17. The van der Waals surface area contributed by atoms with E-state index in [9.17, 15) is 0 Å². The molecule has 112 valence electrons. The average Bonchev–Trinajstić information content (AvgIpc) is 2.81. The predicted octanol–water partition coefficient (Wildman–Crippen LogP) is 4.94. The maximum Gasteiger partial charge on any atom is 0.126 e. The van der Waals surface area contributed by atoms with Gasteiger partial charge in [-0.05, 0) is 19.4 Å². The van der Waals surface area contributed by atoms with E-state index in [1.54, 1.807) is 0 Å². The van der Waals surface area contributed by atoms with Crippen molar-refractivity contribution in [2.24, 2.45) is 0 Å². The summed E-state index contributed by atoms with van der Waals surface area (Å²) in [6.45, 7) is 5.06. The maximum absolute atomic E-state index is 5.75. The van der Waals surface area contributed by atoms with Crippen molar-refractivity contribution in [3.8, 4) is 0 Å². The fraction of sp³-hybridized carbons (Fsp3) is 0.375. The fourth-order valence-corrected chi connectivity index (χ4v) is 6.83. The zero-order valence-electron chi connectivity index (χ0n) is 12.5. The normalized spacial score (nSPS) is 19.9. The topological polar surface area (TPSA) is 12.5 Å². The first-order chi connectivity index (χ1) is 10.1. The first-order valence-electron chi connectivity index (χ1n) is 6.89. The van der Waals surface area contributed by atoms with Crippen molar-refractivity contribution in [1.29, 1.82) is 0 Å². The summed E-state index contributed by atoms with van der Waals surface area (Å²) >= 11 is 5.91. The van der Waals surface area contributed by atoms with E-state index in [1.165, 1.54) is 26.5 Å². The summed E-state index contributed by atoms with van der Waals surface area (Å²) in [5.41, 5.74) is 5.29. The van der Waals surface area contributed by atoms with Gasteiger partial charge in [0.05, 0.1) is 10.8 Å². The summed E-state index contributed by atoms with van der Waals surface area (Å²) in [7, 11) is 1.99. The van der Waals surface area contributed by atoms with E-state index in [1.807, 2.05) is 47.4 Å². The molecular weight excluding hydrogens is 318 g/mol. The first-order valence-corrected chi connectivity index (χ1v) is 10.0. The molecule has 0 aliphatic carbocycles. The molecule has 1 aromatic rings. The van der Waals surface area contributed by atoms with Gasteiger partial charge >= 0.3 is 0 Å². The van der Waals surface area contributed by atoms with Crippen LogP contribution in [0.25, 0.3) is 5.57 Å². The molecule has 3 rings (SSSR count). The SMILES string of the molecule is CC1=C(C(=C2SCSCS2)c2ccc(C)cc2)CN(C)O1. The number of aryl methyl sites for hydroxylation is 1. The molecule has 2 nitrogen and oxygen atoms in total. The lowest BCUT2D eigenvalue weighted by Crippen LogP contribution is -2.13. The van der Waals surface area contributed by atoms with Crippen molar-refractivity contribution < 1.29 is 4.84 Å². The monoisotopic (exact) mass is 337 g/mol. The number of hydrogen-bond acceptors (Lipinski definition) is 5. The molecule has 0 radical (unpaired) electrons. The number of likely N-dealkylation sites (N-methyl/N-ethyl adjacent to an activating group) is 1. The Hall–Kier alpha value is -0.490. The standard InChI is InChI=1S/C16H19NOS3/c1-11-4-6-13(7-5-11)15(16-20-9-19-10-21-16)14-8-17(3)18-12(14)2/h4-7H,8-10H2,1-3H3. The molecule has 0 spiro atoms. The molecule has 1 saturated heterocycles. The molecular formula is C16H19NOS3. The van der Waals surface area contributed by atoms with Gasteiger partial charge in [-0.15, -0.1) is 40.3 Å². The van der Waals surface area contributed by atoms with Crippen LogP contribution in [0.5, 0.6) is 0 Å². The molecule has 2 aliphatic heterocycles. The van der Waals surface area contributed by atoms with Crippen LogP contribution in [-0.4, -0.2) is 28.8 Å². The maximum atomic E-state index is 5.75. The average molecular weight is 338 g/mol. The molecule has 5 heteroatoms. The third-order valence-electron chi connectivity index (χ3n) is 3.49. The van der Waals surface area contributed by atoms with Gasteiger partial charge in [0.1, 0.15) is 5.76 Å². The van der Waals surface area contributed by atoms with Crippen LogP contribution in [0.2, 0.25) is 0 Å². The zero-order valence-corrected chi connectivity index (χ0v) is 15.0. The first kappa shape index (κ1) is 15.4. The van der Waals surface area contributed by atoms with E-state index in [-0.39, 0.29) is 0 Å². The Kier molecular flexibility index (Phi) is 4.94. The molecule has 2 aliphatic rings. The van der Waals surface area contributed by atoms with E-state index in [4.69, 9.17) is 4.84 Å². The lowest BCUT2D eigenvalue weighted by molar-refractivity contribution is -0.0657. The van der Waals surface area contributed by atoms with Crippen LogP contribution >= 0.6 is 35.3 Å². The van der Waals surface area contributed by atoms with Gasteiger partial charge in [-0.1, -0.05) is 29.8 Å².